The third-order valence-corrected chi connectivity index (χ3v) is 7.18. The van der Waals surface area contributed by atoms with E-state index < -0.39 is 38.1 Å². The van der Waals surface area contributed by atoms with Crippen molar-refractivity contribution >= 4 is 48.9 Å². The largest absolute Gasteiger partial charge is 0.383 e. The van der Waals surface area contributed by atoms with Gasteiger partial charge in [0, 0.05) is 38.9 Å². The summed E-state index contributed by atoms with van der Waals surface area (Å²) >= 11 is 1.04. The molecule has 11 nitrogen and oxygen atoms in total. The lowest BCUT2D eigenvalue weighted by atomic mass is 10.3. The van der Waals surface area contributed by atoms with Gasteiger partial charge in [0.2, 0.25) is 5.91 Å². The number of carbonyl (C=O) groups excluding carboxylic acids is 2. The third kappa shape index (κ3) is 5.74. The van der Waals surface area contributed by atoms with Crippen LogP contribution in [0.1, 0.15) is 12.8 Å². The van der Waals surface area contributed by atoms with Crippen LogP contribution in [0.15, 0.2) is 23.2 Å². The van der Waals surface area contributed by atoms with E-state index in [2.05, 4.69) is 4.99 Å². The molecule has 13 heteroatoms. The summed E-state index contributed by atoms with van der Waals surface area (Å²) in [6.07, 6.45) is 1.68. The molecule has 1 aromatic carbocycles. The molecule has 1 aliphatic heterocycles. The van der Waals surface area contributed by atoms with Gasteiger partial charge in [-0.3, -0.25) is 19.7 Å². The molecule has 1 saturated heterocycles. The van der Waals surface area contributed by atoms with E-state index in [1.54, 1.807) is 10.6 Å². The van der Waals surface area contributed by atoms with E-state index in [-0.39, 0.29) is 10.5 Å². The Morgan fingerprint density at radius 3 is 2.61 bits per heavy atom. The zero-order valence-electron chi connectivity index (χ0n) is 16.9. The number of likely N-dealkylation sites (tertiary alicyclic amines) is 1. The Hall–Kier alpha value is -2.64. The molecule has 3 rings (SSSR count). The zero-order valence-corrected chi connectivity index (χ0v) is 18.5. The van der Waals surface area contributed by atoms with Gasteiger partial charge in [-0.05, 0) is 18.9 Å². The second-order valence-electron chi connectivity index (χ2n) is 7.06. The molecule has 0 bridgehead atoms. The van der Waals surface area contributed by atoms with Gasteiger partial charge in [0.15, 0.2) is 14.6 Å². The molecule has 0 aliphatic carbocycles. The molecule has 0 atom stereocenters. The van der Waals surface area contributed by atoms with Crippen LogP contribution in [0.4, 0.5) is 5.69 Å². The van der Waals surface area contributed by atoms with Crippen LogP contribution in [-0.2, 0) is 30.7 Å². The van der Waals surface area contributed by atoms with Crippen LogP contribution in [0.2, 0.25) is 0 Å². The molecule has 0 spiro atoms. The summed E-state index contributed by atoms with van der Waals surface area (Å²) in [6.45, 7) is 1.67. The maximum atomic E-state index is 12.4. The van der Waals surface area contributed by atoms with E-state index >= 15 is 0 Å². The molecule has 1 fully saturated rings. The number of hydrogen-bond acceptors (Lipinski definition) is 8. The number of rotatable bonds is 8. The zero-order chi connectivity index (χ0) is 22.6. The highest BCUT2D eigenvalue weighted by Crippen LogP contribution is 2.23. The molecule has 2 amide bonds. The number of benzene rings is 1. The molecule has 2 heterocycles. The first-order valence-electron chi connectivity index (χ1n) is 9.52. The quantitative estimate of drug-likeness (QED) is 0.409. The maximum absolute atomic E-state index is 12.4. The normalized spacial score (nSPS) is 15.0. The van der Waals surface area contributed by atoms with E-state index in [9.17, 15) is 28.1 Å². The molecular weight excluding hydrogens is 448 g/mol. The van der Waals surface area contributed by atoms with Crippen molar-refractivity contribution in [3.05, 3.63) is 33.1 Å². The minimum Gasteiger partial charge on any atom is -0.383 e. The standard InChI is InChI=1S/C18H22N4O7S2/c1-29-9-8-21-14-5-4-13(22(25)26)10-15(14)30-18(21)19-16(23)11-31(27,28)12-17(24)20-6-2-3-7-20/h4-5,10H,2-3,6-9,11-12H2,1H3. The van der Waals surface area contributed by atoms with Gasteiger partial charge < -0.3 is 14.2 Å². The molecule has 0 radical (unpaired) electrons. The van der Waals surface area contributed by atoms with Crippen molar-refractivity contribution in [1.82, 2.24) is 9.47 Å². The topological polar surface area (TPSA) is 141 Å². The van der Waals surface area contributed by atoms with Crippen molar-refractivity contribution in [3.8, 4) is 0 Å². The van der Waals surface area contributed by atoms with Gasteiger partial charge in [-0.15, -0.1) is 0 Å². The Labute approximate surface area is 182 Å². The summed E-state index contributed by atoms with van der Waals surface area (Å²) in [5.74, 6) is -3.02. The molecule has 1 aliphatic rings. The van der Waals surface area contributed by atoms with Crippen molar-refractivity contribution in [3.63, 3.8) is 0 Å². The number of thiazole rings is 1. The number of methoxy groups -OCH3 is 1. The smallest absolute Gasteiger partial charge is 0.270 e. The maximum Gasteiger partial charge on any atom is 0.270 e. The average Bonchev–Trinajstić information content (AvgIpc) is 3.33. The first kappa shape index (κ1) is 23.0. The van der Waals surface area contributed by atoms with Crippen LogP contribution in [0.5, 0.6) is 0 Å². The number of nitro benzene ring substituents is 1. The first-order valence-corrected chi connectivity index (χ1v) is 12.2. The van der Waals surface area contributed by atoms with Gasteiger partial charge in [-0.25, -0.2) is 8.42 Å². The van der Waals surface area contributed by atoms with Crippen molar-refractivity contribution in [2.24, 2.45) is 4.99 Å². The lowest BCUT2D eigenvalue weighted by Gasteiger charge is -2.14. The van der Waals surface area contributed by atoms with Gasteiger partial charge in [-0.1, -0.05) is 11.3 Å². The van der Waals surface area contributed by atoms with Crippen LogP contribution in [-0.4, -0.2) is 72.9 Å². The van der Waals surface area contributed by atoms with Crippen LogP contribution < -0.4 is 4.80 Å². The Kier molecular flexibility index (Phi) is 7.18. The van der Waals surface area contributed by atoms with Crippen molar-refractivity contribution in [2.75, 3.05) is 38.3 Å². The second-order valence-corrected chi connectivity index (χ2v) is 10.1. The monoisotopic (exact) mass is 470 g/mol. The third-order valence-electron chi connectivity index (χ3n) is 4.76. The minimum absolute atomic E-state index is 0.103. The number of carbonyl (C=O) groups is 2. The highest BCUT2D eigenvalue weighted by atomic mass is 32.2. The average molecular weight is 471 g/mol. The Balaban J connectivity index is 1.86. The molecule has 0 N–H and O–H groups in total. The highest BCUT2D eigenvalue weighted by Gasteiger charge is 2.26. The Morgan fingerprint density at radius 1 is 1.26 bits per heavy atom. The molecule has 0 saturated carbocycles. The predicted molar refractivity (Wildman–Crippen MR) is 113 cm³/mol. The van der Waals surface area contributed by atoms with Crippen LogP contribution in [0.3, 0.4) is 0 Å². The van der Waals surface area contributed by atoms with Gasteiger partial charge in [0.1, 0.15) is 11.5 Å². The number of aromatic nitrogens is 1. The number of sulfone groups is 1. The summed E-state index contributed by atoms with van der Waals surface area (Å²) in [5.41, 5.74) is 0.514. The number of non-ortho nitro benzene ring substituents is 1. The van der Waals surface area contributed by atoms with Crippen molar-refractivity contribution in [1.29, 1.82) is 0 Å². The van der Waals surface area contributed by atoms with E-state index in [1.165, 1.54) is 24.1 Å². The van der Waals surface area contributed by atoms with E-state index in [4.69, 9.17) is 4.74 Å². The van der Waals surface area contributed by atoms with Gasteiger partial charge >= 0.3 is 0 Å². The van der Waals surface area contributed by atoms with Crippen LogP contribution in [0.25, 0.3) is 10.2 Å². The summed E-state index contributed by atoms with van der Waals surface area (Å²) in [6, 6.07) is 4.27. The van der Waals surface area contributed by atoms with E-state index in [0.717, 1.165) is 24.2 Å². The van der Waals surface area contributed by atoms with Crippen molar-refractivity contribution in [2.45, 2.75) is 19.4 Å². The SMILES string of the molecule is COCCn1c(=NC(=O)CS(=O)(=O)CC(=O)N2CCCC2)sc2cc([N+](=O)[O-])ccc21. The fourth-order valence-corrected chi connectivity index (χ4v) is 5.49. The molecular formula is C18H22N4O7S2. The number of hydrogen-bond donors (Lipinski definition) is 0. The fraction of sp³-hybridized carbons (Fsp3) is 0.500. The second kappa shape index (κ2) is 9.66. The van der Waals surface area contributed by atoms with Gasteiger partial charge in [-0.2, -0.15) is 4.99 Å². The molecule has 2 aromatic rings. The summed E-state index contributed by atoms with van der Waals surface area (Å²) in [5, 5.41) is 11.0. The number of nitrogens with zero attached hydrogens (tertiary/aromatic N) is 4. The Bertz CT molecular complexity index is 1180. The number of amides is 2. The molecule has 168 valence electrons. The lowest BCUT2D eigenvalue weighted by molar-refractivity contribution is -0.384. The van der Waals surface area contributed by atoms with Crippen LogP contribution >= 0.6 is 11.3 Å². The molecule has 31 heavy (non-hydrogen) atoms. The van der Waals surface area contributed by atoms with E-state index in [0.29, 0.717) is 36.5 Å². The fourth-order valence-electron chi connectivity index (χ4n) is 3.28. The summed E-state index contributed by atoms with van der Waals surface area (Å²) in [4.78, 5) is 40.6. The van der Waals surface area contributed by atoms with Gasteiger partial charge in [0.05, 0.1) is 21.7 Å². The molecule has 0 unspecified atom stereocenters. The first-order chi connectivity index (χ1) is 14.7. The number of nitro groups is 1. The highest BCUT2D eigenvalue weighted by molar-refractivity contribution is 7.92. The van der Waals surface area contributed by atoms with Crippen molar-refractivity contribution < 1.29 is 27.7 Å². The predicted octanol–water partition coefficient (Wildman–Crippen LogP) is 0.722. The summed E-state index contributed by atoms with van der Waals surface area (Å²) in [7, 11) is -2.46. The number of fused-ring (bicyclic) bond motifs is 1. The minimum atomic E-state index is -3.97. The Morgan fingerprint density at radius 2 is 1.97 bits per heavy atom. The summed E-state index contributed by atoms with van der Waals surface area (Å²) < 4.78 is 31.9. The molecule has 1 aromatic heterocycles. The lowest BCUT2D eigenvalue weighted by Crippen LogP contribution is -2.35. The van der Waals surface area contributed by atoms with E-state index in [1.807, 2.05) is 0 Å². The van der Waals surface area contributed by atoms with Crippen LogP contribution in [0, 0.1) is 10.1 Å². The number of ether oxygens (including phenoxy) is 1. The van der Waals surface area contributed by atoms with Gasteiger partial charge in [0.25, 0.3) is 11.6 Å².